The molecule has 1 unspecified atom stereocenters. The SMILES string of the molecule is CCC(C)c1ccc(S(=O)(=O)NCCC(=O)O)cc1. The third-order valence-electron chi connectivity index (χ3n) is 3.00. The highest BCUT2D eigenvalue weighted by molar-refractivity contribution is 7.89. The van der Waals surface area contributed by atoms with Crippen LogP contribution in [-0.2, 0) is 14.8 Å². The minimum atomic E-state index is -3.62. The standard InChI is InChI=1S/C13H19NO4S/c1-3-10(2)11-4-6-12(7-5-11)19(17,18)14-9-8-13(15)16/h4-7,10,14H,3,8-9H2,1-2H3,(H,15,16). The second-order valence-corrected chi connectivity index (χ2v) is 6.19. The quantitative estimate of drug-likeness (QED) is 0.802. The molecule has 2 N–H and O–H groups in total. The molecular formula is C13H19NO4S. The summed E-state index contributed by atoms with van der Waals surface area (Å²) in [5.41, 5.74) is 1.09. The van der Waals surface area contributed by atoms with Crippen molar-refractivity contribution in [2.75, 3.05) is 6.54 Å². The molecule has 1 aromatic rings. The van der Waals surface area contributed by atoms with Crippen LogP contribution < -0.4 is 4.72 Å². The Bertz CT molecular complexity index is 522. The first-order valence-electron chi connectivity index (χ1n) is 6.18. The van der Waals surface area contributed by atoms with Gasteiger partial charge in [0.2, 0.25) is 10.0 Å². The van der Waals surface area contributed by atoms with Crippen molar-refractivity contribution in [3.63, 3.8) is 0 Å². The van der Waals surface area contributed by atoms with Gasteiger partial charge < -0.3 is 5.11 Å². The zero-order chi connectivity index (χ0) is 14.5. The Labute approximate surface area is 113 Å². The van der Waals surface area contributed by atoms with Crippen LogP contribution in [0, 0.1) is 0 Å². The normalized spacial score (nSPS) is 13.2. The number of hydrogen-bond acceptors (Lipinski definition) is 3. The van der Waals surface area contributed by atoms with Crippen LogP contribution in [0.4, 0.5) is 0 Å². The Kier molecular flexibility index (Phi) is 5.50. The van der Waals surface area contributed by atoms with Crippen LogP contribution in [-0.4, -0.2) is 26.0 Å². The van der Waals surface area contributed by atoms with Gasteiger partial charge in [-0.25, -0.2) is 13.1 Å². The van der Waals surface area contributed by atoms with Gasteiger partial charge in [-0.2, -0.15) is 0 Å². The zero-order valence-electron chi connectivity index (χ0n) is 11.1. The number of aliphatic carboxylic acids is 1. The van der Waals surface area contributed by atoms with E-state index in [9.17, 15) is 13.2 Å². The van der Waals surface area contributed by atoms with E-state index in [1.807, 2.05) is 0 Å². The first-order chi connectivity index (χ1) is 8.86. The van der Waals surface area contributed by atoms with E-state index in [1.165, 1.54) is 0 Å². The van der Waals surface area contributed by atoms with E-state index < -0.39 is 16.0 Å². The molecule has 0 amide bonds. The Morgan fingerprint density at radius 3 is 2.37 bits per heavy atom. The second kappa shape index (κ2) is 6.68. The van der Waals surface area contributed by atoms with Crippen LogP contribution in [0.15, 0.2) is 29.2 Å². The first kappa shape index (κ1) is 15.7. The van der Waals surface area contributed by atoms with E-state index in [-0.39, 0.29) is 17.9 Å². The molecule has 0 fully saturated rings. The van der Waals surface area contributed by atoms with Gasteiger partial charge in [0.15, 0.2) is 0 Å². The summed E-state index contributed by atoms with van der Waals surface area (Å²) in [6.07, 6.45) is 0.757. The van der Waals surface area contributed by atoms with Crippen molar-refractivity contribution in [3.8, 4) is 0 Å². The number of hydrogen-bond donors (Lipinski definition) is 2. The molecule has 106 valence electrons. The first-order valence-corrected chi connectivity index (χ1v) is 7.66. The lowest BCUT2D eigenvalue weighted by Crippen LogP contribution is -2.26. The van der Waals surface area contributed by atoms with Gasteiger partial charge in [-0.15, -0.1) is 0 Å². The Hall–Kier alpha value is -1.40. The summed E-state index contributed by atoms with van der Waals surface area (Å²) in [5, 5.41) is 8.47. The number of carboxylic acid groups (broad SMARTS) is 1. The van der Waals surface area contributed by atoms with Gasteiger partial charge >= 0.3 is 5.97 Å². The Morgan fingerprint density at radius 2 is 1.89 bits per heavy atom. The summed E-state index contributed by atoms with van der Waals surface area (Å²) in [6.45, 7) is 4.04. The van der Waals surface area contributed by atoms with Crippen LogP contribution in [0.25, 0.3) is 0 Å². The van der Waals surface area contributed by atoms with Crippen molar-refractivity contribution < 1.29 is 18.3 Å². The highest BCUT2D eigenvalue weighted by Crippen LogP contribution is 2.20. The molecule has 0 radical (unpaired) electrons. The molecule has 0 saturated carbocycles. The molecule has 0 saturated heterocycles. The molecule has 0 aliphatic heterocycles. The molecule has 1 aromatic carbocycles. The number of benzene rings is 1. The molecule has 0 aliphatic carbocycles. The molecule has 19 heavy (non-hydrogen) atoms. The maximum atomic E-state index is 11.9. The molecule has 1 atom stereocenters. The topological polar surface area (TPSA) is 83.5 Å². The highest BCUT2D eigenvalue weighted by atomic mass is 32.2. The predicted octanol–water partition coefficient (Wildman–Crippen LogP) is 1.95. The summed E-state index contributed by atoms with van der Waals surface area (Å²) >= 11 is 0. The minimum Gasteiger partial charge on any atom is -0.481 e. The van der Waals surface area contributed by atoms with E-state index in [4.69, 9.17) is 5.11 Å². The number of rotatable bonds is 7. The summed E-state index contributed by atoms with van der Waals surface area (Å²) in [4.78, 5) is 10.5. The van der Waals surface area contributed by atoms with Gasteiger partial charge in [0, 0.05) is 6.54 Å². The number of carboxylic acids is 1. The average molecular weight is 285 g/mol. The van der Waals surface area contributed by atoms with Gasteiger partial charge in [0.05, 0.1) is 11.3 Å². The summed E-state index contributed by atoms with van der Waals surface area (Å²) in [7, 11) is -3.62. The van der Waals surface area contributed by atoms with Crippen molar-refractivity contribution in [2.24, 2.45) is 0 Å². The third kappa shape index (κ3) is 4.65. The summed E-state index contributed by atoms with van der Waals surface area (Å²) in [6, 6.07) is 6.68. The van der Waals surface area contributed by atoms with Crippen LogP contribution in [0.5, 0.6) is 0 Å². The van der Waals surface area contributed by atoms with Crippen molar-refractivity contribution in [1.82, 2.24) is 4.72 Å². The number of nitrogens with one attached hydrogen (secondary N) is 1. The largest absolute Gasteiger partial charge is 0.481 e. The Morgan fingerprint density at radius 1 is 1.32 bits per heavy atom. The van der Waals surface area contributed by atoms with Gasteiger partial charge in [-0.1, -0.05) is 26.0 Å². The van der Waals surface area contributed by atoms with E-state index in [1.54, 1.807) is 24.3 Å². The van der Waals surface area contributed by atoms with E-state index in [2.05, 4.69) is 18.6 Å². The Balaban J connectivity index is 2.76. The lowest BCUT2D eigenvalue weighted by Gasteiger charge is -2.10. The minimum absolute atomic E-state index is 0.106. The fourth-order valence-corrected chi connectivity index (χ4v) is 2.62. The fourth-order valence-electron chi connectivity index (χ4n) is 1.59. The maximum Gasteiger partial charge on any atom is 0.304 e. The van der Waals surface area contributed by atoms with Crippen molar-refractivity contribution in [1.29, 1.82) is 0 Å². The second-order valence-electron chi connectivity index (χ2n) is 4.42. The maximum absolute atomic E-state index is 11.9. The number of carbonyl (C=O) groups is 1. The molecule has 0 bridgehead atoms. The van der Waals surface area contributed by atoms with Gasteiger partial charge in [0.1, 0.15) is 0 Å². The summed E-state index contributed by atoms with van der Waals surface area (Å²) in [5.74, 6) is -0.647. The number of sulfonamides is 1. The highest BCUT2D eigenvalue weighted by Gasteiger charge is 2.14. The third-order valence-corrected chi connectivity index (χ3v) is 4.48. The lowest BCUT2D eigenvalue weighted by molar-refractivity contribution is -0.136. The molecule has 0 spiro atoms. The van der Waals surface area contributed by atoms with Crippen LogP contribution in [0.1, 0.15) is 38.2 Å². The van der Waals surface area contributed by atoms with Gasteiger partial charge in [-0.05, 0) is 30.0 Å². The van der Waals surface area contributed by atoms with Gasteiger partial charge in [-0.3, -0.25) is 4.79 Å². The summed E-state index contributed by atoms with van der Waals surface area (Å²) < 4.78 is 26.0. The van der Waals surface area contributed by atoms with Crippen LogP contribution in [0.2, 0.25) is 0 Å². The fraction of sp³-hybridized carbons (Fsp3) is 0.462. The average Bonchev–Trinajstić information content (AvgIpc) is 2.37. The molecule has 1 rings (SSSR count). The van der Waals surface area contributed by atoms with Crippen LogP contribution >= 0.6 is 0 Å². The molecular weight excluding hydrogens is 266 g/mol. The smallest absolute Gasteiger partial charge is 0.304 e. The monoisotopic (exact) mass is 285 g/mol. The van der Waals surface area contributed by atoms with Crippen molar-refractivity contribution in [2.45, 2.75) is 37.5 Å². The van der Waals surface area contributed by atoms with E-state index in [0.29, 0.717) is 5.92 Å². The van der Waals surface area contributed by atoms with Gasteiger partial charge in [0.25, 0.3) is 0 Å². The van der Waals surface area contributed by atoms with E-state index >= 15 is 0 Å². The molecule has 5 nitrogen and oxygen atoms in total. The van der Waals surface area contributed by atoms with Crippen LogP contribution in [0.3, 0.4) is 0 Å². The van der Waals surface area contributed by atoms with E-state index in [0.717, 1.165) is 12.0 Å². The zero-order valence-corrected chi connectivity index (χ0v) is 11.9. The predicted molar refractivity (Wildman–Crippen MR) is 72.6 cm³/mol. The molecule has 0 aromatic heterocycles. The lowest BCUT2D eigenvalue weighted by atomic mass is 9.99. The molecule has 6 heteroatoms. The molecule has 0 heterocycles. The van der Waals surface area contributed by atoms with Crippen molar-refractivity contribution >= 4 is 16.0 Å². The molecule has 0 aliphatic rings. The van der Waals surface area contributed by atoms with Crippen molar-refractivity contribution in [3.05, 3.63) is 29.8 Å².